The molecule has 2 aromatic rings. The number of oxime groups is 1. The van der Waals surface area contributed by atoms with Gasteiger partial charge in [-0.05, 0) is 44.0 Å². The van der Waals surface area contributed by atoms with Gasteiger partial charge in [0, 0.05) is 11.4 Å². The number of hydrogen-bond acceptors (Lipinski definition) is 11. The van der Waals surface area contributed by atoms with Crippen molar-refractivity contribution in [2.45, 2.75) is 31.2 Å². The van der Waals surface area contributed by atoms with Gasteiger partial charge in [-0.3, -0.25) is 9.59 Å². The predicted octanol–water partition coefficient (Wildman–Crippen LogP) is -0.848. The molecule has 0 radical (unpaired) electrons. The van der Waals surface area contributed by atoms with Gasteiger partial charge < -0.3 is 41.3 Å². The molecule has 7 N–H and O–H groups in total. The standard InChI is InChI=1S/C21H25BN6O7S/c23-21-26-14(10-36-21)17(28-34-9-16(29)25-12-4-6-24-7-5-12)19(30)27-15-8-11-2-1-3-13(20(31)32)18(11)35-22(15)33/h1-3,10,12,15,24,33H,4-9H2,(H2,23,26)(H,25,29)(H,27,30)(H,31,32). The quantitative estimate of drug-likeness (QED) is 0.146. The number of carbonyl (C=O) groups is 3. The van der Waals surface area contributed by atoms with E-state index in [1.807, 2.05) is 0 Å². The van der Waals surface area contributed by atoms with E-state index in [2.05, 4.69) is 26.1 Å². The fourth-order valence-corrected chi connectivity index (χ4v) is 4.49. The minimum absolute atomic E-state index is 0.0461. The molecule has 1 unspecified atom stereocenters. The number of rotatable bonds is 8. The Balaban J connectivity index is 1.44. The maximum Gasteiger partial charge on any atom is 0.547 e. The second kappa shape index (κ2) is 11.4. The van der Waals surface area contributed by atoms with Crippen molar-refractivity contribution in [3.63, 3.8) is 0 Å². The lowest BCUT2D eigenvalue weighted by atomic mass is 9.72. The van der Waals surface area contributed by atoms with Gasteiger partial charge in [-0.15, -0.1) is 11.3 Å². The number of carboxylic acids is 1. The highest BCUT2D eigenvalue weighted by molar-refractivity contribution is 7.13. The molecule has 2 amide bonds. The van der Waals surface area contributed by atoms with Gasteiger partial charge in [0.25, 0.3) is 11.8 Å². The van der Waals surface area contributed by atoms with Crippen LogP contribution in [-0.2, 0) is 20.8 Å². The topological polar surface area (TPSA) is 197 Å². The Bertz CT molecular complexity index is 1170. The number of nitrogens with zero attached hydrogens (tertiary/aromatic N) is 2. The molecule has 0 spiro atoms. The van der Waals surface area contributed by atoms with Crippen molar-refractivity contribution in [3.05, 3.63) is 40.4 Å². The number of carboxylic acid groups (broad SMARTS) is 1. The monoisotopic (exact) mass is 516 g/mol. The van der Waals surface area contributed by atoms with Crippen LogP contribution in [0.5, 0.6) is 5.75 Å². The molecule has 0 aliphatic carbocycles. The van der Waals surface area contributed by atoms with Crippen LogP contribution in [0.2, 0.25) is 0 Å². The lowest BCUT2D eigenvalue weighted by Gasteiger charge is -2.28. The fourth-order valence-electron chi connectivity index (χ4n) is 3.94. The first-order valence-corrected chi connectivity index (χ1v) is 12.1. The van der Waals surface area contributed by atoms with E-state index in [-0.39, 0.29) is 46.2 Å². The second-order valence-electron chi connectivity index (χ2n) is 8.27. The second-order valence-corrected chi connectivity index (χ2v) is 9.16. The normalized spacial score (nSPS) is 18.1. The minimum atomic E-state index is -1.51. The largest absolute Gasteiger partial charge is 0.547 e. The number of amides is 2. The van der Waals surface area contributed by atoms with Gasteiger partial charge in [-0.2, -0.15) is 0 Å². The zero-order valence-electron chi connectivity index (χ0n) is 19.1. The molecule has 3 heterocycles. The first kappa shape index (κ1) is 25.4. The molecule has 1 aromatic heterocycles. The van der Waals surface area contributed by atoms with Crippen LogP contribution in [0.1, 0.15) is 34.5 Å². The number of benzene rings is 1. The average Bonchev–Trinajstić information content (AvgIpc) is 3.28. The van der Waals surface area contributed by atoms with Crippen LogP contribution in [0.3, 0.4) is 0 Å². The Morgan fingerprint density at radius 1 is 1.31 bits per heavy atom. The predicted molar refractivity (Wildman–Crippen MR) is 131 cm³/mol. The molecule has 15 heteroatoms. The van der Waals surface area contributed by atoms with Crippen LogP contribution in [0.4, 0.5) is 5.13 Å². The first-order chi connectivity index (χ1) is 17.3. The summed E-state index contributed by atoms with van der Waals surface area (Å²) in [5.74, 6) is -3.18. The van der Waals surface area contributed by atoms with Crippen LogP contribution < -0.4 is 26.3 Å². The molecule has 36 heavy (non-hydrogen) atoms. The number of nitrogens with two attached hydrogens (primary N) is 1. The van der Waals surface area contributed by atoms with Gasteiger partial charge >= 0.3 is 13.1 Å². The Labute approximate surface area is 210 Å². The summed E-state index contributed by atoms with van der Waals surface area (Å²) in [6.45, 7) is 1.23. The molecule has 4 rings (SSSR count). The van der Waals surface area contributed by atoms with Crippen molar-refractivity contribution in [2.24, 2.45) is 5.16 Å². The lowest BCUT2D eigenvalue weighted by Crippen LogP contribution is -2.54. The summed E-state index contributed by atoms with van der Waals surface area (Å²) in [7, 11) is -1.51. The van der Waals surface area contributed by atoms with Crippen molar-refractivity contribution in [2.75, 3.05) is 25.4 Å². The van der Waals surface area contributed by atoms with Gasteiger partial charge in [0.15, 0.2) is 17.5 Å². The number of fused-ring (bicyclic) bond motifs is 1. The number of para-hydroxylation sites is 1. The zero-order valence-corrected chi connectivity index (χ0v) is 19.9. The summed E-state index contributed by atoms with van der Waals surface area (Å²) in [6.07, 6.45) is 1.72. The summed E-state index contributed by atoms with van der Waals surface area (Å²) in [4.78, 5) is 45.9. The van der Waals surface area contributed by atoms with Crippen LogP contribution in [0, 0.1) is 0 Å². The van der Waals surface area contributed by atoms with Crippen molar-refractivity contribution < 1.29 is 34.0 Å². The summed E-state index contributed by atoms with van der Waals surface area (Å²) in [5.41, 5.74) is 6.01. The van der Waals surface area contributed by atoms with E-state index in [1.54, 1.807) is 12.1 Å². The summed E-state index contributed by atoms with van der Waals surface area (Å²) >= 11 is 1.09. The summed E-state index contributed by atoms with van der Waals surface area (Å²) in [6, 6.07) is 4.61. The third kappa shape index (κ3) is 6.11. The molecule has 0 saturated carbocycles. The van der Waals surface area contributed by atoms with E-state index in [0.717, 1.165) is 37.3 Å². The highest BCUT2D eigenvalue weighted by Crippen LogP contribution is 2.30. The highest BCUT2D eigenvalue weighted by atomic mass is 32.1. The maximum atomic E-state index is 13.1. The molecule has 190 valence electrons. The third-order valence-corrected chi connectivity index (χ3v) is 6.38. The van der Waals surface area contributed by atoms with E-state index < -0.39 is 31.5 Å². The summed E-state index contributed by atoms with van der Waals surface area (Å²) in [5, 5.41) is 34.0. The van der Waals surface area contributed by atoms with Crippen molar-refractivity contribution in [1.29, 1.82) is 0 Å². The zero-order chi connectivity index (χ0) is 25.7. The van der Waals surface area contributed by atoms with Gasteiger partial charge in [0.2, 0.25) is 0 Å². The number of aromatic nitrogens is 1. The fraction of sp³-hybridized carbons (Fsp3) is 0.381. The molecule has 1 atom stereocenters. The number of piperidine rings is 1. The number of aromatic carboxylic acids is 1. The molecule has 1 fully saturated rings. The van der Waals surface area contributed by atoms with Crippen molar-refractivity contribution in [3.8, 4) is 5.75 Å². The van der Waals surface area contributed by atoms with E-state index >= 15 is 0 Å². The van der Waals surface area contributed by atoms with E-state index in [0.29, 0.717) is 5.56 Å². The molecule has 2 aliphatic heterocycles. The molecule has 2 aliphatic rings. The minimum Gasteiger partial charge on any atom is -0.534 e. The lowest BCUT2D eigenvalue weighted by molar-refractivity contribution is -0.126. The van der Waals surface area contributed by atoms with Crippen LogP contribution in [-0.4, -0.2) is 77.4 Å². The molecule has 0 bridgehead atoms. The van der Waals surface area contributed by atoms with E-state index in [4.69, 9.17) is 15.2 Å². The number of thiazole rings is 1. The SMILES string of the molecule is Nc1nc(C(=NOCC(=O)NC2CCNCC2)C(=O)NC2Cc3cccc(C(=O)O)c3OB2O)cs1. The van der Waals surface area contributed by atoms with E-state index in [9.17, 15) is 24.5 Å². The third-order valence-electron chi connectivity index (χ3n) is 5.70. The number of anilines is 1. The van der Waals surface area contributed by atoms with Gasteiger partial charge in [0.1, 0.15) is 11.4 Å². The van der Waals surface area contributed by atoms with Crippen molar-refractivity contribution in [1.82, 2.24) is 20.9 Å². The number of nitrogen functional groups attached to an aromatic ring is 1. The smallest absolute Gasteiger partial charge is 0.534 e. The molecule has 13 nitrogen and oxygen atoms in total. The van der Waals surface area contributed by atoms with Crippen LogP contribution in [0.15, 0.2) is 28.7 Å². The van der Waals surface area contributed by atoms with Crippen LogP contribution in [0.25, 0.3) is 0 Å². The maximum absolute atomic E-state index is 13.1. The first-order valence-electron chi connectivity index (χ1n) is 11.2. The summed E-state index contributed by atoms with van der Waals surface area (Å²) < 4.78 is 5.41. The van der Waals surface area contributed by atoms with Crippen molar-refractivity contribution >= 4 is 47.1 Å². The van der Waals surface area contributed by atoms with Gasteiger partial charge in [-0.1, -0.05) is 17.3 Å². The average molecular weight is 516 g/mol. The Morgan fingerprint density at radius 2 is 2.08 bits per heavy atom. The number of nitrogens with one attached hydrogen (secondary N) is 3. The van der Waals surface area contributed by atoms with Gasteiger partial charge in [-0.25, -0.2) is 9.78 Å². The molecular weight excluding hydrogens is 491 g/mol. The Kier molecular flexibility index (Phi) is 8.02. The number of carbonyl (C=O) groups excluding carboxylic acids is 2. The highest BCUT2D eigenvalue weighted by Gasteiger charge is 2.38. The Hall–Kier alpha value is -3.69. The number of hydrogen-bond donors (Lipinski definition) is 6. The molecular formula is C21H25BN6O7S. The Morgan fingerprint density at radius 3 is 2.78 bits per heavy atom. The van der Waals surface area contributed by atoms with E-state index in [1.165, 1.54) is 11.4 Å². The van der Waals surface area contributed by atoms with Crippen LogP contribution >= 0.6 is 11.3 Å². The molecule has 1 aromatic carbocycles. The molecule has 1 saturated heterocycles. The van der Waals surface area contributed by atoms with Gasteiger partial charge in [0.05, 0.1) is 11.5 Å².